The van der Waals surface area contributed by atoms with Crippen molar-refractivity contribution in [2.24, 2.45) is 7.05 Å². The first-order chi connectivity index (χ1) is 12.6. The van der Waals surface area contributed by atoms with Crippen LogP contribution in [0.15, 0.2) is 55.1 Å². The van der Waals surface area contributed by atoms with Crippen LogP contribution in [0.5, 0.6) is 0 Å². The molecule has 0 aliphatic carbocycles. The van der Waals surface area contributed by atoms with Crippen molar-refractivity contribution in [1.29, 1.82) is 0 Å². The Kier molecular flexibility index (Phi) is 3.92. The van der Waals surface area contributed by atoms with E-state index in [4.69, 9.17) is 4.74 Å². The third kappa shape index (κ3) is 2.92. The minimum atomic E-state index is -0.388. The van der Waals surface area contributed by atoms with Gasteiger partial charge in [-0.25, -0.2) is 19.1 Å². The minimum absolute atomic E-state index is 0.382. The van der Waals surface area contributed by atoms with E-state index in [1.807, 2.05) is 31.2 Å². The second-order valence-corrected chi connectivity index (χ2v) is 5.90. The maximum Gasteiger partial charge on any atom is 0.338 e. The summed E-state index contributed by atoms with van der Waals surface area (Å²) < 4.78 is 8.88. The number of fused-ring (bicyclic) bond motifs is 1. The molecule has 0 radical (unpaired) electrons. The van der Waals surface area contributed by atoms with Gasteiger partial charge in [0.05, 0.1) is 16.8 Å². The SMILES string of the molecule is C[C@@H](OC(=O)c1ccc2nnn(C)c2c1)c1ccc(-n2cncn2)cc1. The van der Waals surface area contributed by atoms with Gasteiger partial charge in [0.1, 0.15) is 24.3 Å². The molecule has 0 spiro atoms. The second kappa shape index (κ2) is 6.40. The van der Waals surface area contributed by atoms with Crippen molar-refractivity contribution in [2.45, 2.75) is 13.0 Å². The molecule has 130 valence electrons. The number of ether oxygens (including phenoxy) is 1. The lowest BCUT2D eigenvalue weighted by atomic mass is 10.1. The van der Waals surface area contributed by atoms with Crippen molar-refractivity contribution in [1.82, 2.24) is 29.8 Å². The summed E-state index contributed by atoms with van der Waals surface area (Å²) in [5.74, 6) is -0.388. The van der Waals surface area contributed by atoms with Crippen molar-refractivity contribution >= 4 is 17.0 Å². The molecule has 4 aromatic rings. The molecular weight excluding hydrogens is 332 g/mol. The van der Waals surface area contributed by atoms with Gasteiger partial charge in [0, 0.05) is 7.05 Å². The first-order valence-electron chi connectivity index (χ1n) is 8.07. The Morgan fingerprint density at radius 2 is 1.96 bits per heavy atom. The van der Waals surface area contributed by atoms with E-state index in [1.165, 1.54) is 6.33 Å². The van der Waals surface area contributed by atoms with Crippen LogP contribution in [0.2, 0.25) is 0 Å². The highest BCUT2D eigenvalue weighted by molar-refractivity contribution is 5.93. The Labute approximate surface area is 149 Å². The average molecular weight is 348 g/mol. The van der Waals surface area contributed by atoms with E-state index in [0.717, 1.165) is 22.3 Å². The quantitative estimate of drug-likeness (QED) is 0.527. The lowest BCUT2D eigenvalue weighted by Gasteiger charge is -2.14. The zero-order valence-corrected chi connectivity index (χ0v) is 14.3. The summed E-state index contributed by atoms with van der Waals surface area (Å²) in [6, 6.07) is 12.8. The average Bonchev–Trinajstić information content (AvgIpc) is 3.32. The largest absolute Gasteiger partial charge is 0.454 e. The summed E-state index contributed by atoms with van der Waals surface area (Å²) in [5.41, 5.74) is 3.77. The number of carbonyl (C=O) groups excluding carboxylic acids is 1. The molecule has 8 nitrogen and oxygen atoms in total. The zero-order chi connectivity index (χ0) is 18.1. The molecule has 26 heavy (non-hydrogen) atoms. The highest BCUT2D eigenvalue weighted by Gasteiger charge is 2.15. The molecule has 2 heterocycles. The molecule has 0 N–H and O–H groups in total. The van der Waals surface area contributed by atoms with Crippen LogP contribution in [-0.4, -0.2) is 35.7 Å². The Morgan fingerprint density at radius 3 is 2.69 bits per heavy atom. The Bertz CT molecular complexity index is 1050. The number of hydrogen-bond acceptors (Lipinski definition) is 6. The van der Waals surface area contributed by atoms with Crippen LogP contribution in [0, 0.1) is 0 Å². The maximum absolute atomic E-state index is 12.5. The molecule has 8 heteroatoms. The number of rotatable bonds is 4. The van der Waals surface area contributed by atoms with Gasteiger partial charge in [-0.2, -0.15) is 5.10 Å². The zero-order valence-electron chi connectivity index (χ0n) is 14.3. The summed E-state index contributed by atoms with van der Waals surface area (Å²) in [7, 11) is 1.78. The second-order valence-electron chi connectivity index (χ2n) is 5.90. The van der Waals surface area contributed by atoms with Crippen LogP contribution in [0.4, 0.5) is 0 Å². The number of nitrogens with zero attached hydrogens (tertiary/aromatic N) is 6. The van der Waals surface area contributed by atoms with E-state index in [0.29, 0.717) is 5.56 Å². The van der Waals surface area contributed by atoms with Crippen molar-refractivity contribution in [3.63, 3.8) is 0 Å². The molecule has 4 rings (SSSR count). The topological polar surface area (TPSA) is 87.7 Å². The van der Waals surface area contributed by atoms with E-state index in [-0.39, 0.29) is 12.1 Å². The summed E-state index contributed by atoms with van der Waals surface area (Å²) in [5, 5.41) is 12.0. The van der Waals surface area contributed by atoms with Crippen LogP contribution in [0.1, 0.15) is 28.9 Å². The van der Waals surface area contributed by atoms with Gasteiger partial charge in [-0.05, 0) is 42.8 Å². The van der Waals surface area contributed by atoms with Gasteiger partial charge in [0.2, 0.25) is 0 Å². The van der Waals surface area contributed by atoms with Crippen LogP contribution < -0.4 is 0 Å². The number of aromatic nitrogens is 6. The summed E-state index contributed by atoms with van der Waals surface area (Å²) in [4.78, 5) is 16.4. The monoisotopic (exact) mass is 348 g/mol. The lowest BCUT2D eigenvalue weighted by Crippen LogP contribution is -2.09. The molecule has 0 aliphatic rings. The molecule has 0 amide bonds. The number of aryl methyl sites for hydroxylation is 1. The van der Waals surface area contributed by atoms with E-state index in [2.05, 4.69) is 20.4 Å². The van der Waals surface area contributed by atoms with E-state index in [1.54, 1.807) is 40.9 Å². The summed E-state index contributed by atoms with van der Waals surface area (Å²) >= 11 is 0. The first-order valence-corrected chi connectivity index (χ1v) is 8.07. The van der Waals surface area contributed by atoms with Crippen LogP contribution in [0.3, 0.4) is 0 Å². The summed E-state index contributed by atoms with van der Waals surface area (Å²) in [6.45, 7) is 1.84. The van der Waals surface area contributed by atoms with Gasteiger partial charge in [-0.15, -0.1) is 5.10 Å². The molecule has 0 saturated heterocycles. The Morgan fingerprint density at radius 1 is 1.15 bits per heavy atom. The fourth-order valence-corrected chi connectivity index (χ4v) is 2.69. The van der Waals surface area contributed by atoms with E-state index < -0.39 is 0 Å². The molecule has 1 atom stereocenters. The van der Waals surface area contributed by atoms with Gasteiger partial charge in [-0.3, -0.25) is 0 Å². The fraction of sp³-hybridized carbons (Fsp3) is 0.167. The van der Waals surface area contributed by atoms with E-state index >= 15 is 0 Å². The Balaban J connectivity index is 1.50. The first kappa shape index (κ1) is 15.9. The molecule has 2 aromatic heterocycles. The van der Waals surface area contributed by atoms with Gasteiger partial charge in [-0.1, -0.05) is 17.3 Å². The van der Waals surface area contributed by atoms with Gasteiger partial charge in [0.15, 0.2) is 0 Å². The highest BCUT2D eigenvalue weighted by Crippen LogP contribution is 2.21. The molecule has 0 fully saturated rings. The molecule has 0 saturated carbocycles. The van der Waals surface area contributed by atoms with Gasteiger partial charge in [0.25, 0.3) is 0 Å². The van der Waals surface area contributed by atoms with E-state index in [9.17, 15) is 4.79 Å². The minimum Gasteiger partial charge on any atom is -0.454 e. The van der Waals surface area contributed by atoms with Gasteiger partial charge < -0.3 is 4.74 Å². The molecule has 0 bridgehead atoms. The number of hydrogen-bond donors (Lipinski definition) is 0. The van der Waals surface area contributed by atoms with Crippen LogP contribution >= 0.6 is 0 Å². The predicted octanol–water partition coefficient (Wildman–Crippen LogP) is 2.47. The van der Waals surface area contributed by atoms with Crippen LogP contribution in [-0.2, 0) is 11.8 Å². The van der Waals surface area contributed by atoms with Crippen molar-refractivity contribution in [3.05, 3.63) is 66.2 Å². The van der Waals surface area contributed by atoms with Crippen molar-refractivity contribution < 1.29 is 9.53 Å². The standard InChI is InChI=1S/C18H16N6O2/c1-12(13-3-6-15(7-4-13)24-11-19-10-20-24)26-18(25)14-5-8-16-17(9-14)23(2)22-21-16/h3-12H,1-2H3/t12-/m1/s1. The van der Waals surface area contributed by atoms with Crippen LogP contribution in [0.25, 0.3) is 16.7 Å². The number of benzene rings is 2. The number of carbonyl (C=O) groups is 1. The number of esters is 1. The molecular formula is C18H16N6O2. The Hall–Kier alpha value is -3.55. The third-order valence-corrected chi connectivity index (χ3v) is 4.18. The molecule has 0 unspecified atom stereocenters. The van der Waals surface area contributed by atoms with Crippen molar-refractivity contribution in [2.75, 3.05) is 0 Å². The molecule has 2 aromatic carbocycles. The highest BCUT2D eigenvalue weighted by atomic mass is 16.5. The maximum atomic E-state index is 12.5. The fourth-order valence-electron chi connectivity index (χ4n) is 2.69. The van der Waals surface area contributed by atoms with Crippen molar-refractivity contribution in [3.8, 4) is 5.69 Å². The predicted molar refractivity (Wildman–Crippen MR) is 93.7 cm³/mol. The van der Waals surface area contributed by atoms with Gasteiger partial charge >= 0.3 is 5.97 Å². The normalized spacial score (nSPS) is 12.2. The third-order valence-electron chi connectivity index (χ3n) is 4.18. The molecule has 0 aliphatic heterocycles. The lowest BCUT2D eigenvalue weighted by molar-refractivity contribution is 0.0338. The smallest absolute Gasteiger partial charge is 0.338 e. The summed E-state index contributed by atoms with van der Waals surface area (Å²) in [6.07, 6.45) is 2.72.